The van der Waals surface area contributed by atoms with E-state index in [2.05, 4.69) is 10.3 Å². The normalized spacial score (nSPS) is 22.6. The molecule has 106 valence electrons. The Labute approximate surface area is 116 Å². The van der Waals surface area contributed by atoms with Crippen LogP contribution < -0.4 is 5.32 Å². The molecule has 3 rings (SSSR count). The highest BCUT2D eigenvalue weighted by Crippen LogP contribution is 2.32. The molecule has 2 unspecified atom stereocenters. The summed E-state index contributed by atoms with van der Waals surface area (Å²) in [5.41, 5.74) is 3.34. The van der Waals surface area contributed by atoms with Gasteiger partial charge in [0.2, 0.25) is 0 Å². The van der Waals surface area contributed by atoms with Crippen molar-refractivity contribution >= 4 is 16.9 Å². The fourth-order valence-corrected chi connectivity index (χ4v) is 2.91. The summed E-state index contributed by atoms with van der Waals surface area (Å²) in [5, 5.41) is 13.1. The minimum Gasteiger partial charge on any atom is -0.481 e. The van der Waals surface area contributed by atoms with Gasteiger partial charge in [-0.1, -0.05) is 0 Å². The molecule has 1 saturated heterocycles. The molecular formula is C15H17FN2O2. The van der Waals surface area contributed by atoms with Gasteiger partial charge in [-0.2, -0.15) is 0 Å². The Morgan fingerprint density at radius 2 is 2.15 bits per heavy atom. The lowest BCUT2D eigenvalue weighted by atomic mass is 9.98. The molecule has 3 N–H and O–H groups in total. The van der Waals surface area contributed by atoms with Gasteiger partial charge in [-0.05, 0) is 43.5 Å². The number of aromatic amines is 1. The SMILES string of the molecule is Cc1[nH]c2c(F)cc(C3CC(C(=O)O)CN3)cc2c1C. The number of carboxylic acid groups (broad SMARTS) is 1. The zero-order valence-corrected chi connectivity index (χ0v) is 11.5. The Balaban J connectivity index is 2.01. The molecule has 1 fully saturated rings. The molecule has 1 aromatic carbocycles. The Bertz CT molecular complexity index is 693. The number of carbonyl (C=O) groups is 1. The van der Waals surface area contributed by atoms with Gasteiger partial charge in [0.1, 0.15) is 5.82 Å². The highest BCUT2D eigenvalue weighted by molar-refractivity contribution is 5.85. The van der Waals surface area contributed by atoms with Crippen LogP contribution in [-0.2, 0) is 4.79 Å². The third-order valence-corrected chi connectivity index (χ3v) is 4.27. The quantitative estimate of drug-likeness (QED) is 0.790. The zero-order chi connectivity index (χ0) is 14.4. The van der Waals surface area contributed by atoms with Crippen molar-refractivity contribution in [2.75, 3.05) is 6.54 Å². The number of rotatable bonds is 2. The molecule has 5 heteroatoms. The molecule has 4 nitrogen and oxygen atoms in total. The van der Waals surface area contributed by atoms with E-state index in [9.17, 15) is 9.18 Å². The van der Waals surface area contributed by atoms with E-state index in [1.807, 2.05) is 19.9 Å². The van der Waals surface area contributed by atoms with Crippen molar-refractivity contribution in [1.29, 1.82) is 0 Å². The summed E-state index contributed by atoms with van der Waals surface area (Å²) in [5.74, 6) is -1.47. The average molecular weight is 276 g/mol. The summed E-state index contributed by atoms with van der Waals surface area (Å²) >= 11 is 0. The first-order chi connectivity index (χ1) is 9.47. The van der Waals surface area contributed by atoms with Gasteiger partial charge in [0.05, 0.1) is 11.4 Å². The van der Waals surface area contributed by atoms with E-state index in [-0.39, 0.29) is 11.9 Å². The number of hydrogen-bond acceptors (Lipinski definition) is 2. The summed E-state index contributed by atoms with van der Waals surface area (Å²) in [6.07, 6.45) is 0.503. The second-order valence-electron chi connectivity index (χ2n) is 5.53. The smallest absolute Gasteiger partial charge is 0.307 e. The average Bonchev–Trinajstić information content (AvgIpc) is 2.98. The number of fused-ring (bicyclic) bond motifs is 1. The maximum absolute atomic E-state index is 14.2. The lowest BCUT2D eigenvalue weighted by Crippen LogP contribution is -2.17. The fourth-order valence-electron chi connectivity index (χ4n) is 2.91. The largest absolute Gasteiger partial charge is 0.481 e. The van der Waals surface area contributed by atoms with Crippen molar-refractivity contribution in [3.05, 3.63) is 34.8 Å². The summed E-state index contributed by atoms with van der Waals surface area (Å²) in [7, 11) is 0. The van der Waals surface area contributed by atoms with Crippen molar-refractivity contribution in [3.63, 3.8) is 0 Å². The van der Waals surface area contributed by atoms with Crippen LogP contribution in [0.5, 0.6) is 0 Å². The topological polar surface area (TPSA) is 65.1 Å². The first-order valence-electron chi connectivity index (χ1n) is 6.72. The number of halogens is 1. The lowest BCUT2D eigenvalue weighted by Gasteiger charge is -2.11. The highest BCUT2D eigenvalue weighted by atomic mass is 19.1. The maximum Gasteiger partial charge on any atom is 0.307 e. The van der Waals surface area contributed by atoms with Crippen LogP contribution >= 0.6 is 0 Å². The number of aliphatic carboxylic acids is 1. The molecule has 0 saturated carbocycles. The fraction of sp³-hybridized carbons (Fsp3) is 0.400. The number of aromatic nitrogens is 1. The number of nitrogens with one attached hydrogen (secondary N) is 2. The summed E-state index contributed by atoms with van der Waals surface area (Å²) in [6, 6.07) is 3.36. The van der Waals surface area contributed by atoms with Crippen LogP contribution in [-0.4, -0.2) is 22.6 Å². The molecular weight excluding hydrogens is 259 g/mol. The van der Waals surface area contributed by atoms with Crippen LogP contribution in [0.25, 0.3) is 10.9 Å². The lowest BCUT2D eigenvalue weighted by molar-refractivity contribution is -0.141. The number of carboxylic acids is 1. The third-order valence-electron chi connectivity index (χ3n) is 4.27. The van der Waals surface area contributed by atoms with Crippen LogP contribution in [0.15, 0.2) is 12.1 Å². The minimum atomic E-state index is -0.796. The predicted molar refractivity (Wildman–Crippen MR) is 74.2 cm³/mol. The van der Waals surface area contributed by atoms with Crippen molar-refractivity contribution < 1.29 is 14.3 Å². The van der Waals surface area contributed by atoms with Gasteiger partial charge < -0.3 is 15.4 Å². The van der Waals surface area contributed by atoms with Crippen LogP contribution in [0.1, 0.15) is 29.3 Å². The van der Waals surface area contributed by atoms with Crippen LogP contribution in [0.4, 0.5) is 4.39 Å². The maximum atomic E-state index is 14.2. The van der Waals surface area contributed by atoms with Crippen molar-refractivity contribution in [2.45, 2.75) is 26.3 Å². The minimum absolute atomic E-state index is 0.0930. The number of H-pyrrole nitrogens is 1. The second-order valence-corrected chi connectivity index (χ2v) is 5.53. The van der Waals surface area contributed by atoms with Crippen molar-refractivity contribution in [2.24, 2.45) is 5.92 Å². The molecule has 1 aromatic heterocycles. The molecule has 2 aromatic rings. The molecule has 0 bridgehead atoms. The number of aryl methyl sites for hydroxylation is 2. The van der Waals surface area contributed by atoms with E-state index in [1.54, 1.807) is 0 Å². The van der Waals surface area contributed by atoms with Gasteiger partial charge in [-0.15, -0.1) is 0 Å². The molecule has 0 aliphatic carbocycles. The number of hydrogen-bond donors (Lipinski definition) is 3. The van der Waals surface area contributed by atoms with Crippen LogP contribution in [0, 0.1) is 25.6 Å². The molecule has 1 aliphatic heterocycles. The standard InChI is InChI=1S/C15H17FN2O2/c1-7-8(2)18-14-11(7)3-9(4-12(14)16)13-5-10(6-17-13)15(19)20/h3-4,10,13,17-18H,5-6H2,1-2H3,(H,19,20). The molecule has 20 heavy (non-hydrogen) atoms. The molecule has 0 radical (unpaired) electrons. The first kappa shape index (κ1) is 13.1. The Morgan fingerprint density at radius 1 is 1.40 bits per heavy atom. The predicted octanol–water partition coefficient (Wildman–Crippen LogP) is 2.66. The first-order valence-corrected chi connectivity index (χ1v) is 6.72. The third kappa shape index (κ3) is 1.98. The summed E-state index contributed by atoms with van der Waals surface area (Å²) in [6.45, 7) is 4.31. The zero-order valence-electron chi connectivity index (χ0n) is 11.5. The van der Waals surface area contributed by atoms with Crippen LogP contribution in [0.3, 0.4) is 0 Å². The number of benzene rings is 1. The van der Waals surface area contributed by atoms with E-state index in [1.165, 1.54) is 6.07 Å². The Morgan fingerprint density at radius 3 is 2.80 bits per heavy atom. The summed E-state index contributed by atoms with van der Waals surface area (Å²) in [4.78, 5) is 14.0. The van der Waals surface area contributed by atoms with Gasteiger partial charge in [0.25, 0.3) is 0 Å². The van der Waals surface area contributed by atoms with Gasteiger partial charge in [-0.25, -0.2) is 4.39 Å². The van der Waals surface area contributed by atoms with Crippen molar-refractivity contribution in [1.82, 2.24) is 10.3 Å². The van der Waals surface area contributed by atoms with Crippen molar-refractivity contribution in [3.8, 4) is 0 Å². The highest BCUT2D eigenvalue weighted by Gasteiger charge is 2.30. The Kier molecular flexibility index (Phi) is 3.01. The van der Waals surface area contributed by atoms with E-state index in [0.717, 1.165) is 22.2 Å². The van der Waals surface area contributed by atoms with E-state index in [0.29, 0.717) is 18.5 Å². The van der Waals surface area contributed by atoms with Gasteiger partial charge in [0.15, 0.2) is 0 Å². The Hall–Kier alpha value is -1.88. The van der Waals surface area contributed by atoms with E-state index >= 15 is 0 Å². The van der Waals surface area contributed by atoms with Gasteiger partial charge >= 0.3 is 5.97 Å². The van der Waals surface area contributed by atoms with Gasteiger partial charge in [-0.3, -0.25) is 4.79 Å². The van der Waals surface area contributed by atoms with Crippen LogP contribution in [0.2, 0.25) is 0 Å². The van der Waals surface area contributed by atoms with E-state index < -0.39 is 11.9 Å². The van der Waals surface area contributed by atoms with Gasteiger partial charge in [0, 0.05) is 23.7 Å². The molecule has 1 aliphatic rings. The molecule has 0 amide bonds. The molecule has 2 heterocycles. The second kappa shape index (κ2) is 4.59. The van der Waals surface area contributed by atoms with E-state index in [4.69, 9.17) is 5.11 Å². The monoisotopic (exact) mass is 276 g/mol. The molecule has 0 spiro atoms. The summed E-state index contributed by atoms with van der Waals surface area (Å²) < 4.78 is 14.2. The molecule has 2 atom stereocenters.